The van der Waals surface area contributed by atoms with Crippen LogP contribution in [0, 0.1) is 6.92 Å². The molecule has 2 heterocycles. The van der Waals surface area contributed by atoms with Gasteiger partial charge in [0, 0.05) is 24.7 Å². The summed E-state index contributed by atoms with van der Waals surface area (Å²) in [5.41, 5.74) is 2.97. The molecule has 0 bridgehead atoms. The number of hydrogen-bond donors (Lipinski definition) is 1. The van der Waals surface area contributed by atoms with Crippen molar-refractivity contribution in [2.75, 3.05) is 25.5 Å². The summed E-state index contributed by atoms with van der Waals surface area (Å²) >= 11 is 1.61. The smallest absolute Gasteiger partial charge is 0.321 e. The van der Waals surface area contributed by atoms with E-state index in [-0.39, 0.29) is 6.03 Å². The average Bonchev–Trinajstić information content (AvgIpc) is 3.25. The largest absolute Gasteiger partial charge is 0.496 e. The molecule has 1 aliphatic heterocycles. The van der Waals surface area contributed by atoms with Gasteiger partial charge in [0.25, 0.3) is 0 Å². The number of carbonyl (C=O) groups is 1. The van der Waals surface area contributed by atoms with Gasteiger partial charge in [0.1, 0.15) is 10.8 Å². The molecule has 2 aromatic carbocycles. The van der Waals surface area contributed by atoms with Crippen molar-refractivity contribution in [3.63, 3.8) is 0 Å². The third-order valence-corrected chi connectivity index (χ3v) is 6.33. The second-order valence-electron chi connectivity index (χ2n) is 7.20. The number of para-hydroxylation sites is 1. The lowest BCUT2D eigenvalue weighted by Crippen LogP contribution is -2.40. The Labute approximate surface area is 174 Å². The molecule has 1 aromatic heterocycles. The third kappa shape index (κ3) is 4.40. The Kier molecular flexibility index (Phi) is 5.76. The number of urea groups is 1. The van der Waals surface area contributed by atoms with Crippen LogP contribution in [0.15, 0.2) is 48.5 Å². The van der Waals surface area contributed by atoms with Crippen LogP contribution >= 0.6 is 11.3 Å². The summed E-state index contributed by atoms with van der Waals surface area (Å²) in [6.07, 6.45) is 1.78. The number of aryl methyl sites for hydroxylation is 1. The number of nitrogens with one attached hydrogen (secondary N) is 1. The fraction of sp³-hybridized carbons (Fsp3) is 0.318. The van der Waals surface area contributed by atoms with E-state index >= 15 is 0 Å². The third-order valence-electron chi connectivity index (χ3n) is 5.21. The first-order valence-electron chi connectivity index (χ1n) is 9.73. The number of nitrogens with zero attached hydrogens (tertiary/aromatic N) is 3. The van der Waals surface area contributed by atoms with Gasteiger partial charge in [0.15, 0.2) is 5.01 Å². The predicted molar refractivity (Wildman–Crippen MR) is 116 cm³/mol. The molecule has 7 heteroatoms. The summed E-state index contributed by atoms with van der Waals surface area (Å²) < 4.78 is 5.44. The number of piperidine rings is 1. The molecule has 0 atom stereocenters. The zero-order chi connectivity index (χ0) is 20.2. The van der Waals surface area contributed by atoms with Crippen molar-refractivity contribution in [2.45, 2.75) is 25.7 Å². The van der Waals surface area contributed by atoms with E-state index in [0.29, 0.717) is 19.0 Å². The van der Waals surface area contributed by atoms with Gasteiger partial charge >= 0.3 is 6.03 Å². The number of hydrogen-bond acceptors (Lipinski definition) is 5. The molecule has 2 amide bonds. The predicted octanol–water partition coefficient (Wildman–Crippen LogP) is 4.93. The van der Waals surface area contributed by atoms with E-state index in [1.807, 2.05) is 60.4 Å². The van der Waals surface area contributed by atoms with Crippen molar-refractivity contribution in [1.29, 1.82) is 0 Å². The van der Waals surface area contributed by atoms with Gasteiger partial charge in [-0.2, -0.15) is 0 Å². The van der Waals surface area contributed by atoms with Crippen molar-refractivity contribution in [2.24, 2.45) is 0 Å². The molecule has 0 spiro atoms. The zero-order valence-corrected chi connectivity index (χ0v) is 17.4. The van der Waals surface area contributed by atoms with Gasteiger partial charge in [0.05, 0.1) is 12.7 Å². The van der Waals surface area contributed by atoms with Crippen LogP contribution in [0.5, 0.6) is 5.75 Å². The summed E-state index contributed by atoms with van der Waals surface area (Å²) in [7, 11) is 1.66. The first-order valence-corrected chi connectivity index (χ1v) is 10.5. The van der Waals surface area contributed by atoms with Crippen LogP contribution in [-0.4, -0.2) is 41.3 Å². The molecule has 0 saturated carbocycles. The van der Waals surface area contributed by atoms with E-state index in [1.54, 1.807) is 18.4 Å². The van der Waals surface area contributed by atoms with Crippen LogP contribution in [0.4, 0.5) is 10.5 Å². The molecule has 0 aliphatic carbocycles. The molecule has 1 aliphatic rings. The van der Waals surface area contributed by atoms with Crippen LogP contribution < -0.4 is 10.1 Å². The summed E-state index contributed by atoms with van der Waals surface area (Å²) in [5, 5.41) is 13.7. The van der Waals surface area contributed by atoms with Gasteiger partial charge in [0.2, 0.25) is 0 Å². The minimum Gasteiger partial charge on any atom is -0.496 e. The van der Waals surface area contributed by atoms with E-state index in [9.17, 15) is 4.79 Å². The van der Waals surface area contributed by atoms with Gasteiger partial charge in [-0.1, -0.05) is 41.2 Å². The minimum atomic E-state index is -0.0423. The van der Waals surface area contributed by atoms with Gasteiger partial charge in [-0.05, 0) is 44.0 Å². The molecule has 1 N–H and O–H groups in total. The van der Waals surface area contributed by atoms with Gasteiger partial charge < -0.3 is 15.0 Å². The maximum absolute atomic E-state index is 12.5. The maximum atomic E-state index is 12.5. The number of amides is 2. The van der Waals surface area contributed by atoms with Crippen LogP contribution in [-0.2, 0) is 0 Å². The molecule has 6 nitrogen and oxygen atoms in total. The number of benzene rings is 2. The fourth-order valence-corrected chi connectivity index (χ4v) is 4.54. The highest BCUT2D eigenvalue weighted by molar-refractivity contribution is 7.14. The maximum Gasteiger partial charge on any atom is 0.321 e. The molecule has 1 fully saturated rings. The van der Waals surface area contributed by atoms with E-state index in [0.717, 1.165) is 39.9 Å². The van der Waals surface area contributed by atoms with Crippen molar-refractivity contribution in [1.82, 2.24) is 15.1 Å². The van der Waals surface area contributed by atoms with Crippen molar-refractivity contribution in [3.05, 3.63) is 59.1 Å². The number of carbonyl (C=O) groups excluding carboxylic acids is 1. The Bertz CT molecular complexity index is 978. The van der Waals surface area contributed by atoms with Crippen molar-refractivity contribution in [3.8, 4) is 16.3 Å². The van der Waals surface area contributed by atoms with E-state index in [1.165, 1.54) is 5.56 Å². The highest BCUT2D eigenvalue weighted by Crippen LogP contribution is 2.36. The number of anilines is 1. The number of aromatic nitrogens is 2. The average molecular weight is 409 g/mol. The van der Waals surface area contributed by atoms with Gasteiger partial charge in [-0.25, -0.2) is 4.79 Å². The first-order chi connectivity index (χ1) is 14.1. The number of ether oxygens (including phenoxy) is 1. The van der Waals surface area contributed by atoms with Crippen molar-refractivity contribution >= 4 is 23.1 Å². The Balaban J connectivity index is 1.37. The highest BCUT2D eigenvalue weighted by Gasteiger charge is 2.26. The Morgan fingerprint density at radius 1 is 1.10 bits per heavy atom. The second kappa shape index (κ2) is 8.61. The standard InChI is InChI=1S/C22H24N4O2S/c1-15-7-9-17(10-8-15)23-22(27)26-13-11-16(12-14-26)20-24-25-21(29-20)18-5-3-4-6-19(18)28-2/h3-10,16H,11-14H2,1-2H3,(H,23,27). The van der Waals surface area contributed by atoms with Crippen LogP contribution in [0.1, 0.15) is 29.3 Å². The summed E-state index contributed by atoms with van der Waals surface area (Å²) in [6, 6.07) is 15.7. The molecule has 150 valence electrons. The molecule has 29 heavy (non-hydrogen) atoms. The van der Waals surface area contributed by atoms with Crippen LogP contribution in [0.25, 0.3) is 10.6 Å². The second-order valence-corrected chi connectivity index (χ2v) is 8.21. The quantitative estimate of drug-likeness (QED) is 0.664. The van der Waals surface area contributed by atoms with Crippen LogP contribution in [0.3, 0.4) is 0 Å². The topological polar surface area (TPSA) is 67.4 Å². The normalized spacial score (nSPS) is 14.6. The molecular formula is C22H24N4O2S. The molecule has 1 saturated heterocycles. The highest BCUT2D eigenvalue weighted by atomic mass is 32.1. The number of methoxy groups -OCH3 is 1. The molecule has 3 aromatic rings. The molecule has 0 radical (unpaired) electrons. The number of likely N-dealkylation sites (tertiary alicyclic amines) is 1. The lowest BCUT2D eigenvalue weighted by atomic mass is 9.98. The fourth-order valence-electron chi connectivity index (χ4n) is 3.50. The lowest BCUT2D eigenvalue weighted by molar-refractivity contribution is 0.194. The van der Waals surface area contributed by atoms with Gasteiger partial charge in [-0.3, -0.25) is 0 Å². The van der Waals surface area contributed by atoms with E-state index in [4.69, 9.17) is 4.74 Å². The number of rotatable bonds is 4. The Morgan fingerprint density at radius 2 is 1.83 bits per heavy atom. The van der Waals surface area contributed by atoms with Crippen LogP contribution in [0.2, 0.25) is 0 Å². The molecule has 0 unspecified atom stereocenters. The Morgan fingerprint density at radius 3 is 2.55 bits per heavy atom. The van der Waals surface area contributed by atoms with Crippen molar-refractivity contribution < 1.29 is 9.53 Å². The monoisotopic (exact) mass is 408 g/mol. The Hall–Kier alpha value is -2.93. The molecule has 4 rings (SSSR count). The summed E-state index contributed by atoms with van der Waals surface area (Å²) in [4.78, 5) is 14.4. The minimum absolute atomic E-state index is 0.0423. The van der Waals surface area contributed by atoms with E-state index in [2.05, 4.69) is 15.5 Å². The molecular weight excluding hydrogens is 384 g/mol. The van der Waals surface area contributed by atoms with Gasteiger partial charge in [-0.15, -0.1) is 10.2 Å². The SMILES string of the molecule is COc1ccccc1-c1nnc(C2CCN(C(=O)Nc3ccc(C)cc3)CC2)s1. The summed E-state index contributed by atoms with van der Waals surface area (Å²) in [6.45, 7) is 3.46. The summed E-state index contributed by atoms with van der Waals surface area (Å²) in [5.74, 6) is 1.14. The lowest BCUT2D eigenvalue weighted by Gasteiger charge is -2.31. The first kappa shape index (κ1) is 19.4. The zero-order valence-electron chi connectivity index (χ0n) is 16.6. The van der Waals surface area contributed by atoms with E-state index < -0.39 is 0 Å².